The summed E-state index contributed by atoms with van der Waals surface area (Å²) in [5, 5.41) is 0. The van der Waals surface area contributed by atoms with Crippen LogP contribution in [0.4, 0.5) is 0 Å². The number of hydrogen-bond acceptors (Lipinski definition) is 2. The molecule has 0 unspecified atom stereocenters. The Balaban J connectivity index is 1.96. The summed E-state index contributed by atoms with van der Waals surface area (Å²) in [5.41, 5.74) is 5.17. The van der Waals surface area contributed by atoms with Crippen molar-refractivity contribution in [2.75, 3.05) is 0 Å². The molecule has 0 fully saturated rings. The van der Waals surface area contributed by atoms with Gasteiger partial charge in [-0.2, -0.15) is 0 Å². The number of aromatic amines is 2. The maximum atomic E-state index is 4.63. The maximum Gasteiger partial charge on any atom is 0.174 e. The van der Waals surface area contributed by atoms with Crippen LogP contribution in [0.25, 0.3) is 33.7 Å². The van der Waals surface area contributed by atoms with Crippen molar-refractivity contribution in [3.05, 3.63) is 48.0 Å². The Morgan fingerprint density at radius 3 is 2.37 bits per heavy atom. The summed E-state index contributed by atoms with van der Waals surface area (Å²) in [5.74, 6) is 1.55. The molecule has 0 spiro atoms. The van der Waals surface area contributed by atoms with Crippen molar-refractivity contribution >= 4 is 22.1 Å². The number of aromatic nitrogens is 4. The van der Waals surface area contributed by atoms with Crippen molar-refractivity contribution < 1.29 is 0 Å². The molecule has 2 aromatic carbocycles. The summed E-state index contributed by atoms with van der Waals surface area (Å²) in [6, 6.07) is 14.1. The molecule has 2 N–H and O–H groups in total. The van der Waals surface area contributed by atoms with Crippen molar-refractivity contribution in [3.63, 3.8) is 0 Å². The molecular formula is C15H12N4. The number of imidazole rings is 2. The first-order valence-electron chi connectivity index (χ1n) is 6.22. The molecule has 0 aliphatic heterocycles. The van der Waals surface area contributed by atoms with Gasteiger partial charge in [0, 0.05) is 0 Å². The summed E-state index contributed by atoms with van der Waals surface area (Å²) >= 11 is 0. The molecule has 4 heteroatoms. The lowest BCUT2D eigenvalue weighted by molar-refractivity contribution is 1.22. The van der Waals surface area contributed by atoms with Crippen LogP contribution in [0.1, 0.15) is 5.56 Å². The van der Waals surface area contributed by atoms with Gasteiger partial charge in [0.25, 0.3) is 0 Å². The van der Waals surface area contributed by atoms with Crippen LogP contribution in [0, 0.1) is 6.92 Å². The van der Waals surface area contributed by atoms with Gasteiger partial charge in [0.1, 0.15) is 0 Å². The molecule has 0 saturated carbocycles. The average molecular weight is 248 g/mol. The Hall–Kier alpha value is -2.62. The SMILES string of the molecule is Cc1cccc2[nH]c(-c3nc4ccccc4[nH]3)nc12. The molecule has 2 aromatic heterocycles. The summed E-state index contributed by atoms with van der Waals surface area (Å²) in [7, 11) is 0. The molecule has 4 rings (SSSR count). The highest BCUT2D eigenvalue weighted by Crippen LogP contribution is 2.22. The lowest BCUT2D eigenvalue weighted by Crippen LogP contribution is -1.82. The Morgan fingerprint density at radius 2 is 1.53 bits per heavy atom. The van der Waals surface area contributed by atoms with Gasteiger partial charge in [-0.25, -0.2) is 9.97 Å². The van der Waals surface area contributed by atoms with E-state index in [-0.39, 0.29) is 0 Å². The van der Waals surface area contributed by atoms with Crippen LogP contribution in [0.5, 0.6) is 0 Å². The van der Waals surface area contributed by atoms with E-state index in [2.05, 4.69) is 32.9 Å². The zero-order valence-electron chi connectivity index (χ0n) is 10.4. The molecule has 0 amide bonds. The standard InChI is InChI=1S/C15H12N4/c1-9-5-4-8-12-13(9)19-15(18-12)14-16-10-6-2-3-7-11(10)17-14/h2-8H,1H3,(H,16,17)(H,18,19). The second-order valence-electron chi connectivity index (χ2n) is 4.66. The van der Waals surface area contributed by atoms with E-state index < -0.39 is 0 Å². The highest BCUT2D eigenvalue weighted by atomic mass is 15.0. The Kier molecular flexibility index (Phi) is 2.00. The molecule has 0 bridgehead atoms. The fourth-order valence-corrected chi connectivity index (χ4v) is 2.35. The van der Waals surface area contributed by atoms with E-state index in [0.29, 0.717) is 0 Å². The predicted octanol–water partition coefficient (Wildman–Crippen LogP) is 3.41. The number of para-hydroxylation sites is 3. The van der Waals surface area contributed by atoms with Gasteiger partial charge < -0.3 is 9.97 Å². The van der Waals surface area contributed by atoms with Crippen molar-refractivity contribution in [2.45, 2.75) is 6.92 Å². The van der Waals surface area contributed by atoms with Crippen LogP contribution < -0.4 is 0 Å². The van der Waals surface area contributed by atoms with E-state index in [4.69, 9.17) is 0 Å². The Bertz CT molecular complexity index is 852. The van der Waals surface area contributed by atoms with Gasteiger partial charge in [0.05, 0.1) is 22.1 Å². The minimum absolute atomic E-state index is 0.775. The third-order valence-corrected chi connectivity index (χ3v) is 3.33. The number of aryl methyl sites for hydroxylation is 1. The first-order valence-corrected chi connectivity index (χ1v) is 6.22. The lowest BCUT2D eigenvalue weighted by Gasteiger charge is -1.90. The van der Waals surface area contributed by atoms with E-state index in [1.807, 2.05) is 36.4 Å². The summed E-state index contributed by atoms with van der Waals surface area (Å²) in [6.45, 7) is 2.06. The van der Waals surface area contributed by atoms with Crippen molar-refractivity contribution in [3.8, 4) is 11.6 Å². The number of nitrogens with zero attached hydrogens (tertiary/aromatic N) is 2. The quantitative estimate of drug-likeness (QED) is 0.542. The van der Waals surface area contributed by atoms with Crippen molar-refractivity contribution in [2.24, 2.45) is 0 Å². The van der Waals surface area contributed by atoms with Crippen LogP contribution in [0.3, 0.4) is 0 Å². The number of rotatable bonds is 1. The number of benzene rings is 2. The molecule has 92 valence electrons. The first kappa shape index (κ1) is 10.3. The monoisotopic (exact) mass is 248 g/mol. The fraction of sp³-hybridized carbons (Fsp3) is 0.0667. The third kappa shape index (κ3) is 1.53. The van der Waals surface area contributed by atoms with E-state index in [1.165, 1.54) is 0 Å². The van der Waals surface area contributed by atoms with Gasteiger partial charge >= 0.3 is 0 Å². The zero-order valence-corrected chi connectivity index (χ0v) is 10.4. The van der Waals surface area contributed by atoms with Gasteiger partial charge in [-0.15, -0.1) is 0 Å². The van der Waals surface area contributed by atoms with E-state index >= 15 is 0 Å². The minimum atomic E-state index is 0.775. The zero-order chi connectivity index (χ0) is 12.8. The first-order chi connectivity index (χ1) is 9.31. The molecule has 0 aliphatic rings. The summed E-state index contributed by atoms with van der Waals surface area (Å²) in [6.07, 6.45) is 0. The molecule has 0 radical (unpaired) electrons. The molecule has 0 atom stereocenters. The molecule has 4 aromatic rings. The topological polar surface area (TPSA) is 57.4 Å². The molecule has 0 saturated heterocycles. The van der Waals surface area contributed by atoms with Crippen LogP contribution >= 0.6 is 0 Å². The molecule has 2 heterocycles. The van der Waals surface area contributed by atoms with Crippen molar-refractivity contribution in [1.29, 1.82) is 0 Å². The van der Waals surface area contributed by atoms with Gasteiger partial charge in [-0.3, -0.25) is 0 Å². The predicted molar refractivity (Wildman–Crippen MR) is 75.9 cm³/mol. The second-order valence-corrected chi connectivity index (χ2v) is 4.66. The highest BCUT2D eigenvalue weighted by Gasteiger charge is 2.10. The van der Waals surface area contributed by atoms with Gasteiger partial charge in [-0.1, -0.05) is 24.3 Å². The number of nitrogens with one attached hydrogen (secondary N) is 2. The lowest BCUT2D eigenvalue weighted by atomic mass is 10.2. The van der Waals surface area contributed by atoms with E-state index in [0.717, 1.165) is 39.3 Å². The highest BCUT2D eigenvalue weighted by molar-refractivity contribution is 5.83. The second kappa shape index (κ2) is 3.68. The number of hydrogen-bond donors (Lipinski definition) is 2. The van der Waals surface area contributed by atoms with Gasteiger partial charge in [0.2, 0.25) is 0 Å². The molecule has 19 heavy (non-hydrogen) atoms. The van der Waals surface area contributed by atoms with Crippen LogP contribution in [0.2, 0.25) is 0 Å². The molecule has 0 aliphatic carbocycles. The largest absolute Gasteiger partial charge is 0.335 e. The number of fused-ring (bicyclic) bond motifs is 2. The van der Waals surface area contributed by atoms with Crippen LogP contribution in [-0.2, 0) is 0 Å². The van der Waals surface area contributed by atoms with Gasteiger partial charge in [-0.05, 0) is 30.7 Å². The fourth-order valence-electron chi connectivity index (χ4n) is 2.35. The third-order valence-electron chi connectivity index (χ3n) is 3.33. The average Bonchev–Trinajstić information content (AvgIpc) is 3.02. The van der Waals surface area contributed by atoms with Crippen LogP contribution in [0.15, 0.2) is 42.5 Å². The smallest absolute Gasteiger partial charge is 0.174 e. The minimum Gasteiger partial charge on any atom is -0.335 e. The Morgan fingerprint density at radius 1 is 0.789 bits per heavy atom. The Labute approximate surface area is 109 Å². The normalized spacial score (nSPS) is 11.4. The molecule has 4 nitrogen and oxygen atoms in total. The summed E-state index contributed by atoms with van der Waals surface area (Å²) < 4.78 is 0. The number of H-pyrrole nitrogens is 2. The van der Waals surface area contributed by atoms with E-state index in [1.54, 1.807) is 0 Å². The van der Waals surface area contributed by atoms with Crippen molar-refractivity contribution in [1.82, 2.24) is 19.9 Å². The summed E-state index contributed by atoms with van der Waals surface area (Å²) in [4.78, 5) is 15.8. The van der Waals surface area contributed by atoms with Gasteiger partial charge in [0.15, 0.2) is 11.6 Å². The molecular weight excluding hydrogens is 236 g/mol. The van der Waals surface area contributed by atoms with E-state index in [9.17, 15) is 0 Å². The van der Waals surface area contributed by atoms with Crippen LogP contribution in [-0.4, -0.2) is 19.9 Å². The maximum absolute atomic E-state index is 4.63.